The molecule has 0 N–H and O–H groups in total. The highest BCUT2D eigenvalue weighted by molar-refractivity contribution is 9.10. The van der Waals surface area contributed by atoms with Gasteiger partial charge in [0, 0.05) is 28.6 Å². The van der Waals surface area contributed by atoms with E-state index in [0.29, 0.717) is 21.3 Å². The van der Waals surface area contributed by atoms with Crippen LogP contribution in [0.2, 0.25) is 0 Å². The molecule has 0 radical (unpaired) electrons. The van der Waals surface area contributed by atoms with Gasteiger partial charge < -0.3 is 4.74 Å². The number of rotatable bonds is 3. The van der Waals surface area contributed by atoms with Crippen LogP contribution in [0.15, 0.2) is 41.4 Å². The number of halogens is 4. The Kier molecular flexibility index (Phi) is 4.39. The summed E-state index contributed by atoms with van der Waals surface area (Å²) in [5.41, 5.74) is 0.169. The molecule has 0 saturated heterocycles. The monoisotopic (exact) mass is 410 g/mol. The molecule has 3 aromatic rings. The Morgan fingerprint density at radius 2 is 2.04 bits per heavy atom. The van der Waals surface area contributed by atoms with Gasteiger partial charge in [-0.05, 0) is 35.0 Å². The Hall–Kier alpha value is -2.60. The topological polar surface area (TPSA) is 63.2 Å². The molecule has 5 nitrogen and oxygen atoms in total. The van der Waals surface area contributed by atoms with Crippen molar-refractivity contribution in [2.24, 2.45) is 0 Å². The van der Waals surface area contributed by atoms with E-state index in [1.807, 2.05) is 6.07 Å². The number of fused-ring (bicyclic) bond motifs is 1. The zero-order valence-electron chi connectivity index (χ0n) is 12.8. The molecule has 25 heavy (non-hydrogen) atoms. The van der Waals surface area contributed by atoms with Gasteiger partial charge in [0.25, 0.3) is 0 Å². The lowest BCUT2D eigenvalue weighted by atomic mass is 10.1. The predicted octanol–water partition coefficient (Wildman–Crippen LogP) is 4.52. The average Bonchev–Trinajstić information content (AvgIpc) is 2.97. The Bertz CT molecular complexity index is 978. The molecule has 0 bridgehead atoms. The summed E-state index contributed by atoms with van der Waals surface area (Å²) in [7, 11) is 0. The van der Waals surface area contributed by atoms with E-state index in [2.05, 4.69) is 26.0 Å². The third-order valence-electron chi connectivity index (χ3n) is 3.52. The largest absolute Gasteiger partial charge is 0.484 e. The van der Waals surface area contributed by atoms with Crippen molar-refractivity contribution in [1.82, 2.24) is 14.6 Å². The number of alkyl halides is 3. The molecule has 9 heteroatoms. The summed E-state index contributed by atoms with van der Waals surface area (Å²) in [6.07, 6.45) is -0.0699. The highest BCUT2D eigenvalue weighted by atomic mass is 79.9. The molecule has 0 aliphatic rings. The first kappa shape index (κ1) is 17.2. The van der Waals surface area contributed by atoms with E-state index in [0.717, 1.165) is 12.3 Å². The number of ether oxygens (including phenoxy) is 1. The maximum absolute atomic E-state index is 12.8. The van der Waals surface area contributed by atoms with E-state index < -0.39 is 17.8 Å². The fourth-order valence-electron chi connectivity index (χ4n) is 2.32. The van der Waals surface area contributed by atoms with Gasteiger partial charge in [-0.25, -0.2) is 4.52 Å². The fraction of sp³-hybridized carbons (Fsp3) is 0.188. The predicted molar refractivity (Wildman–Crippen MR) is 85.9 cm³/mol. The van der Waals surface area contributed by atoms with Crippen LogP contribution in [-0.4, -0.2) is 14.6 Å². The van der Waals surface area contributed by atoms with Crippen molar-refractivity contribution in [3.05, 3.63) is 58.1 Å². The Morgan fingerprint density at radius 3 is 2.72 bits per heavy atom. The third-order valence-corrected chi connectivity index (χ3v) is 3.96. The van der Waals surface area contributed by atoms with E-state index in [4.69, 9.17) is 4.74 Å². The van der Waals surface area contributed by atoms with Crippen LogP contribution in [0.25, 0.3) is 5.52 Å². The summed E-state index contributed by atoms with van der Waals surface area (Å²) < 4.78 is 46.5. The van der Waals surface area contributed by atoms with Gasteiger partial charge in [-0.15, -0.1) is 0 Å². The Morgan fingerprint density at radius 1 is 1.28 bits per heavy atom. The van der Waals surface area contributed by atoms with E-state index in [9.17, 15) is 18.4 Å². The van der Waals surface area contributed by atoms with Crippen molar-refractivity contribution in [3.8, 4) is 11.8 Å². The molecule has 0 aliphatic carbocycles. The number of hydrogen-bond acceptors (Lipinski definition) is 4. The first-order valence-electron chi connectivity index (χ1n) is 7.05. The number of nitriles is 1. The number of aromatic nitrogens is 3. The summed E-state index contributed by atoms with van der Waals surface area (Å²) in [5.74, 6) is 0.327. The highest BCUT2D eigenvalue weighted by Gasteiger charge is 2.31. The smallest absolute Gasteiger partial charge is 0.417 e. The van der Waals surface area contributed by atoms with E-state index in [-0.39, 0.29) is 5.56 Å². The average molecular weight is 411 g/mol. The molecule has 3 aromatic heterocycles. The highest BCUT2D eigenvalue weighted by Crippen LogP contribution is 2.33. The van der Waals surface area contributed by atoms with Crippen LogP contribution in [0.5, 0.6) is 5.75 Å². The number of pyridine rings is 2. The lowest BCUT2D eigenvalue weighted by Gasteiger charge is -2.17. The minimum absolute atomic E-state index is 0.269. The fourth-order valence-corrected chi connectivity index (χ4v) is 2.72. The van der Waals surface area contributed by atoms with Crippen LogP contribution in [0, 0.1) is 11.3 Å². The Balaban J connectivity index is 1.99. The molecule has 1 atom stereocenters. The molecule has 0 aliphatic heterocycles. The number of hydrogen-bond donors (Lipinski definition) is 0. The molecule has 0 fully saturated rings. The lowest BCUT2D eigenvalue weighted by Crippen LogP contribution is -2.10. The second-order valence-electron chi connectivity index (χ2n) is 5.25. The maximum atomic E-state index is 12.8. The van der Waals surface area contributed by atoms with Crippen LogP contribution < -0.4 is 4.74 Å². The number of nitrogens with zero attached hydrogens (tertiary/aromatic N) is 4. The Labute approximate surface area is 148 Å². The molecule has 0 amide bonds. The van der Waals surface area contributed by atoms with Crippen molar-refractivity contribution in [2.75, 3.05) is 0 Å². The molecule has 1 unspecified atom stereocenters. The van der Waals surface area contributed by atoms with Gasteiger partial charge in [0.1, 0.15) is 29.0 Å². The summed E-state index contributed by atoms with van der Waals surface area (Å²) in [4.78, 5) is 3.64. The van der Waals surface area contributed by atoms with Crippen LogP contribution >= 0.6 is 15.9 Å². The zero-order chi connectivity index (χ0) is 18.2. The molecule has 0 aromatic carbocycles. The van der Waals surface area contributed by atoms with Crippen LogP contribution in [0.1, 0.15) is 29.7 Å². The zero-order valence-corrected chi connectivity index (χ0v) is 14.3. The van der Waals surface area contributed by atoms with E-state index in [1.165, 1.54) is 16.9 Å². The molecule has 128 valence electrons. The SMILES string of the molecule is CC(Oc1cc(Br)cn2ncc(C#N)c12)c1cncc(C(F)(F)F)c1. The quantitative estimate of drug-likeness (QED) is 0.636. The molecule has 3 rings (SSSR count). The van der Waals surface area contributed by atoms with Gasteiger partial charge in [0.2, 0.25) is 0 Å². The van der Waals surface area contributed by atoms with Gasteiger partial charge >= 0.3 is 6.18 Å². The first-order chi connectivity index (χ1) is 11.8. The van der Waals surface area contributed by atoms with Gasteiger partial charge in [0.05, 0.1) is 11.8 Å². The van der Waals surface area contributed by atoms with Crippen LogP contribution in [-0.2, 0) is 6.18 Å². The molecular weight excluding hydrogens is 401 g/mol. The summed E-state index contributed by atoms with van der Waals surface area (Å²) in [5, 5.41) is 13.3. The van der Waals surface area contributed by atoms with Gasteiger partial charge in [-0.1, -0.05) is 0 Å². The molecule has 3 heterocycles. The van der Waals surface area contributed by atoms with Crippen molar-refractivity contribution in [2.45, 2.75) is 19.2 Å². The van der Waals surface area contributed by atoms with Crippen molar-refractivity contribution >= 4 is 21.4 Å². The summed E-state index contributed by atoms with van der Waals surface area (Å²) >= 11 is 3.31. The molecule has 0 saturated carbocycles. The van der Waals surface area contributed by atoms with E-state index in [1.54, 1.807) is 19.2 Å². The normalized spacial score (nSPS) is 12.8. The molecular formula is C16H10BrF3N4O. The second-order valence-corrected chi connectivity index (χ2v) is 6.17. The lowest BCUT2D eigenvalue weighted by molar-refractivity contribution is -0.137. The minimum Gasteiger partial charge on any atom is -0.484 e. The van der Waals surface area contributed by atoms with Gasteiger partial charge in [0.15, 0.2) is 0 Å². The van der Waals surface area contributed by atoms with Crippen molar-refractivity contribution < 1.29 is 17.9 Å². The summed E-state index contributed by atoms with van der Waals surface area (Å²) in [6.45, 7) is 1.61. The maximum Gasteiger partial charge on any atom is 0.417 e. The first-order valence-corrected chi connectivity index (χ1v) is 7.84. The van der Waals surface area contributed by atoms with Gasteiger partial charge in [-0.2, -0.15) is 23.5 Å². The standard InChI is InChI=1S/C16H10BrF3N4O/c1-9(10-2-12(7-22-5-10)16(18,19)20)25-14-3-13(17)8-24-15(14)11(4-21)6-23-24/h2-3,5-9H,1H3. The van der Waals surface area contributed by atoms with E-state index >= 15 is 0 Å². The van der Waals surface area contributed by atoms with Crippen molar-refractivity contribution in [3.63, 3.8) is 0 Å². The van der Waals surface area contributed by atoms with Crippen LogP contribution in [0.4, 0.5) is 13.2 Å². The third kappa shape index (κ3) is 3.44. The minimum atomic E-state index is -4.48. The van der Waals surface area contributed by atoms with Gasteiger partial charge in [-0.3, -0.25) is 4.98 Å². The van der Waals surface area contributed by atoms with Crippen LogP contribution in [0.3, 0.4) is 0 Å². The van der Waals surface area contributed by atoms with Crippen molar-refractivity contribution in [1.29, 1.82) is 5.26 Å². The summed E-state index contributed by atoms with van der Waals surface area (Å²) in [6, 6.07) is 4.64. The second kappa shape index (κ2) is 6.37. The molecule has 0 spiro atoms.